The monoisotopic (exact) mass is 587 g/mol. The molecule has 0 N–H and O–H groups in total. The van der Waals surface area contributed by atoms with Crippen LogP contribution in [0.5, 0.6) is 0 Å². The molecule has 1 aliphatic heterocycles. The van der Waals surface area contributed by atoms with E-state index in [1.807, 2.05) is 77.1 Å². The summed E-state index contributed by atoms with van der Waals surface area (Å²) >= 11 is 5.57. The largest absolute Gasteiger partial charge is 0.457 e. The first kappa shape index (κ1) is 35.1. The Labute approximate surface area is 253 Å². The maximum absolute atomic E-state index is 13.3. The predicted octanol–water partition coefficient (Wildman–Crippen LogP) is 8.47. The summed E-state index contributed by atoms with van der Waals surface area (Å²) in [7, 11) is 0. The Balaban J connectivity index is 0.000000631. The van der Waals surface area contributed by atoms with Gasteiger partial charge in [0.15, 0.2) is 5.11 Å². The Morgan fingerprint density at radius 2 is 1.31 bits per heavy atom. The van der Waals surface area contributed by atoms with E-state index in [9.17, 15) is 19.7 Å². The highest BCUT2D eigenvalue weighted by atomic mass is 32.1. The van der Waals surface area contributed by atoms with Crippen LogP contribution >= 0.6 is 12.2 Å². The molecule has 220 valence electrons. The lowest BCUT2D eigenvalue weighted by Gasteiger charge is -2.36. The van der Waals surface area contributed by atoms with E-state index in [4.69, 9.17) is 16.6 Å². The molecule has 2 amide bonds. The number of carbonyl (C=O) groups is 2. The number of amides is 2. The van der Waals surface area contributed by atoms with Crippen molar-refractivity contribution in [2.24, 2.45) is 0 Å². The lowest BCUT2D eigenvalue weighted by Crippen LogP contribution is -2.56. The van der Waals surface area contributed by atoms with Crippen LogP contribution in [0, 0.1) is 10.1 Å². The van der Waals surface area contributed by atoms with Crippen molar-refractivity contribution in [3.05, 3.63) is 131 Å². The van der Waals surface area contributed by atoms with Gasteiger partial charge in [0.1, 0.15) is 17.1 Å². The lowest BCUT2D eigenvalue weighted by molar-refractivity contribution is -0.424. The van der Waals surface area contributed by atoms with Crippen molar-refractivity contribution in [3.63, 3.8) is 0 Å². The summed E-state index contributed by atoms with van der Waals surface area (Å²) in [5, 5.41) is 9.88. The summed E-state index contributed by atoms with van der Waals surface area (Å²) in [6.45, 7) is 14.6. The minimum absolute atomic E-state index is 0.0299. The van der Waals surface area contributed by atoms with Crippen LogP contribution < -0.4 is 9.80 Å². The highest BCUT2D eigenvalue weighted by Gasteiger charge is 2.41. The molecule has 0 radical (unpaired) electrons. The van der Waals surface area contributed by atoms with E-state index in [1.165, 1.54) is 35.0 Å². The fraction of sp³-hybridized carbons (Fsp3) is 0.182. The summed E-state index contributed by atoms with van der Waals surface area (Å²) in [4.78, 5) is 38.7. The minimum Gasteiger partial charge on any atom is -0.457 e. The van der Waals surface area contributed by atoms with E-state index < -0.39 is 16.7 Å². The molecule has 8 nitrogen and oxygen atoms in total. The summed E-state index contributed by atoms with van der Waals surface area (Å²) in [6.07, 6.45) is 7.84. The van der Waals surface area contributed by atoms with Crippen molar-refractivity contribution in [2.75, 3.05) is 9.80 Å². The Kier molecular flexibility index (Phi) is 15.4. The van der Waals surface area contributed by atoms with Crippen LogP contribution in [-0.2, 0) is 9.59 Å². The van der Waals surface area contributed by atoms with Gasteiger partial charge in [-0.15, -0.1) is 0 Å². The number of benzene rings is 2. The third-order valence-electron chi connectivity index (χ3n) is 5.19. The molecule has 1 fully saturated rings. The van der Waals surface area contributed by atoms with Crippen molar-refractivity contribution in [1.29, 1.82) is 0 Å². The minimum atomic E-state index is -0.493. The molecule has 0 atom stereocenters. The zero-order chi connectivity index (χ0) is 31.7. The molecule has 1 aromatic heterocycles. The summed E-state index contributed by atoms with van der Waals surface area (Å²) in [6, 6.07) is 21.6. The average Bonchev–Trinajstić information content (AvgIpc) is 3.46. The van der Waals surface area contributed by atoms with E-state index in [-0.39, 0.29) is 16.4 Å². The van der Waals surface area contributed by atoms with Crippen LogP contribution in [0.2, 0.25) is 0 Å². The summed E-state index contributed by atoms with van der Waals surface area (Å²) in [5.41, 5.74) is 1.25. The van der Waals surface area contributed by atoms with Gasteiger partial charge in [0, 0.05) is 13.0 Å². The zero-order valence-electron chi connectivity index (χ0n) is 24.8. The molecule has 4 rings (SSSR count). The third kappa shape index (κ3) is 9.35. The number of hydrogen-bond donors (Lipinski definition) is 0. The topological polar surface area (TPSA) is 96.9 Å². The first-order chi connectivity index (χ1) is 20.3. The van der Waals surface area contributed by atoms with Crippen LogP contribution in [0.15, 0.2) is 113 Å². The second-order valence-corrected chi connectivity index (χ2v) is 8.20. The molecule has 3 aromatic rings. The van der Waals surface area contributed by atoms with Crippen LogP contribution in [0.4, 0.5) is 11.4 Å². The number of furan rings is 1. The Morgan fingerprint density at radius 3 is 1.69 bits per heavy atom. The highest BCUT2D eigenvalue weighted by Crippen LogP contribution is 2.30. The van der Waals surface area contributed by atoms with Crippen molar-refractivity contribution in [2.45, 2.75) is 41.5 Å². The van der Waals surface area contributed by atoms with E-state index in [0.29, 0.717) is 22.9 Å². The van der Waals surface area contributed by atoms with Gasteiger partial charge in [-0.3, -0.25) is 29.5 Å². The van der Waals surface area contributed by atoms with Crippen LogP contribution in [0.25, 0.3) is 12.2 Å². The Bertz CT molecular complexity index is 1380. The van der Waals surface area contributed by atoms with Gasteiger partial charge in [0.05, 0.1) is 16.3 Å². The molecule has 0 bridgehead atoms. The van der Waals surface area contributed by atoms with Gasteiger partial charge in [-0.1, -0.05) is 82.8 Å². The smallest absolute Gasteiger partial charge is 0.270 e. The summed E-state index contributed by atoms with van der Waals surface area (Å²) < 4.78 is 5.69. The van der Waals surface area contributed by atoms with Crippen molar-refractivity contribution >= 4 is 52.7 Å². The van der Waals surface area contributed by atoms with Gasteiger partial charge in [-0.05, 0) is 67.7 Å². The molecular formula is C33H37N3O5S. The van der Waals surface area contributed by atoms with Gasteiger partial charge >= 0.3 is 0 Å². The average molecular weight is 588 g/mol. The standard InChI is InChI=1S/C24H18N2O3S.C5H7NO2.2C2H6/c1-2-9-19-14-15-20(29-19)16-21-22(27)25(17-10-5-3-6-11-17)24(30)26(23(21)28)18-12-7-4-8-13-18;1-3-4-5(2)6(7)8;2*1-2/h2-16H,1H3;3-4H,1H2,2H3;2*1-2H3/b9-2+;5-4+;;. The van der Waals surface area contributed by atoms with Gasteiger partial charge in [0.25, 0.3) is 11.8 Å². The van der Waals surface area contributed by atoms with Crippen molar-refractivity contribution in [1.82, 2.24) is 0 Å². The van der Waals surface area contributed by atoms with Gasteiger partial charge in [-0.2, -0.15) is 0 Å². The Morgan fingerprint density at radius 1 is 0.857 bits per heavy atom. The molecule has 0 aliphatic carbocycles. The second kappa shape index (κ2) is 18.5. The highest BCUT2D eigenvalue weighted by molar-refractivity contribution is 7.81. The molecule has 2 heterocycles. The van der Waals surface area contributed by atoms with E-state index in [0.717, 1.165) is 0 Å². The molecule has 0 unspecified atom stereocenters. The molecule has 1 aliphatic rings. The fourth-order valence-electron chi connectivity index (χ4n) is 3.41. The van der Waals surface area contributed by atoms with Crippen molar-refractivity contribution < 1.29 is 18.9 Å². The number of carbonyl (C=O) groups excluding carboxylic acids is 2. The molecule has 1 saturated heterocycles. The zero-order valence-corrected chi connectivity index (χ0v) is 25.6. The van der Waals surface area contributed by atoms with E-state index in [2.05, 4.69) is 6.58 Å². The van der Waals surface area contributed by atoms with E-state index in [1.54, 1.807) is 42.5 Å². The van der Waals surface area contributed by atoms with Crippen molar-refractivity contribution in [3.8, 4) is 0 Å². The second-order valence-electron chi connectivity index (χ2n) is 7.83. The maximum atomic E-state index is 13.3. The third-order valence-corrected chi connectivity index (χ3v) is 5.56. The number of para-hydroxylation sites is 2. The number of thiocarbonyl (C=S) groups is 1. The number of hydrogen-bond acceptors (Lipinski definition) is 6. The van der Waals surface area contributed by atoms with Crippen LogP contribution in [0.1, 0.15) is 53.1 Å². The van der Waals surface area contributed by atoms with Crippen LogP contribution in [0.3, 0.4) is 0 Å². The lowest BCUT2D eigenvalue weighted by atomic mass is 10.1. The SMILES string of the molecule is C/C=C/c1ccc(C=C2C(=O)N(c3ccccc3)C(=S)N(c3ccccc3)C2=O)o1.C=C/C=C(\C)[N+](=O)[O-].CC.CC. The first-order valence-electron chi connectivity index (χ1n) is 13.5. The number of nitro groups is 1. The number of rotatable bonds is 6. The Hall–Kier alpha value is -4.89. The first-order valence-corrected chi connectivity index (χ1v) is 13.9. The van der Waals surface area contributed by atoms with E-state index >= 15 is 0 Å². The number of allylic oxidation sites excluding steroid dienone is 4. The predicted molar refractivity (Wildman–Crippen MR) is 175 cm³/mol. The number of nitrogens with zero attached hydrogens (tertiary/aromatic N) is 3. The maximum Gasteiger partial charge on any atom is 0.270 e. The van der Waals surface area contributed by atoms with Gasteiger partial charge < -0.3 is 4.42 Å². The summed E-state index contributed by atoms with van der Waals surface area (Å²) in [5.74, 6) is 0.0591. The molecule has 9 heteroatoms. The molecular weight excluding hydrogens is 550 g/mol. The molecule has 2 aromatic carbocycles. The quantitative estimate of drug-likeness (QED) is 0.0717. The molecule has 42 heavy (non-hydrogen) atoms. The van der Waals surface area contributed by atoms with Gasteiger partial charge in [0.2, 0.25) is 5.70 Å². The van der Waals surface area contributed by atoms with Gasteiger partial charge in [-0.25, -0.2) is 0 Å². The normalized spacial score (nSPS) is 12.9. The van der Waals surface area contributed by atoms with Crippen LogP contribution in [-0.4, -0.2) is 21.9 Å². The molecule has 0 saturated carbocycles. The molecule has 0 spiro atoms. The number of anilines is 2. The fourth-order valence-corrected chi connectivity index (χ4v) is 3.79.